The second-order valence-electron chi connectivity index (χ2n) is 6.60. The van der Waals surface area contributed by atoms with Gasteiger partial charge in [0.15, 0.2) is 0 Å². The Kier molecular flexibility index (Phi) is 8.40. The van der Waals surface area contributed by atoms with Gasteiger partial charge in [-0.15, -0.1) is 24.8 Å². The molecule has 2 aromatic rings. The van der Waals surface area contributed by atoms with Gasteiger partial charge in [0.05, 0.1) is 12.1 Å². The molecule has 144 valence electrons. The first-order chi connectivity index (χ1) is 11.5. The predicted molar refractivity (Wildman–Crippen MR) is 109 cm³/mol. The zero-order chi connectivity index (χ0) is 17.1. The van der Waals surface area contributed by atoms with Gasteiger partial charge in [-0.05, 0) is 23.3 Å². The quantitative estimate of drug-likeness (QED) is 0.806. The molecule has 3 rings (SSSR count). The number of halogens is 2. The topological polar surface area (TPSA) is 62.2 Å². The highest BCUT2D eigenvalue weighted by atomic mass is 35.5. The molecule has 6 nitrogen and oxygen atoms in total. The van der Waals surface area contributed by atoms with Crippen LogP contribution in [0, 0.1) is 5.92 Å². The smallest absolute Gasteiger partial charge is 0.225 e. The number of rotatable bonds is 5. The number of benzene rings is 1. The molecule has 0 bridgehead atoms. The van der Waals surface area contributed by atoms with Gasteiger partial charge in [0, 0.05) is 58.6 Å². The monoisotopic (exact) mass is 399 g/mol. The van der Waals surface area contributed by atoms with Crippen molar-refractivity contribution in [3.8, 4) is 0 Å². The third-order valence-electron chi connectivity index (χ3n) is 4.60. The van der Waals surface area contributed by atoms with E-state index in [1.165, 1.54) is 0 Å². The first-order valence-electron chi connectivity index (χ1n) is 8.28. The highest BCUT2D eigenvalue weighted by Gasteiger charge is 2.34. The number of anilines is 1. The van der Waals surface area contributed by atoms with E-state index in [0.29, 0.717) is 13.1 Å². The van der Waals surface area contributed by atoms with Crippen molar-refractivity contribution in [2.45, 2.75) is 12.5 Å². The normalized spacial score (nSPS) is 18.6. The third-order valence-corrected chi connectivity index (χ3v) is 4.60. The van der Waals surface area contributed by atoms with Crippen molar-refractivity contribution in [1.29, 1.82) is 0 Å². The predicted octanol–water partition coefficient (Wildman–Crippen LogP) is 1.95. The summed E-state index contributed by atoms with van der Waals surface area (Å²) in [4.78, 5) is 14.7. The van der Waals surface area contributed by atoms with Gasteiger partial charge in [0.25, 0.3) is 0 Å². The summed E-state index contributed by atoms with van der Waals surface area (Å²) in [6.45, 7) is 2.08. The maximum atomic E-state index is 12.6. The Balaban J connectivity index is 0.00000169. The van der Waals surface area contributed by atoms with Crippen molar-refractivity contribution in [3.05, 3.63) is 47.8 Å². The number of nitrogens with zero attached hydrogens (tertiary/aromatic N) is 3. The van der Waals surface area contributed by atoms with Crippen LogP contribution in [0.15, 0.2) is 36.7 Å². The van der Waals surface area contributed by atoms with Crippen molar-refractivity contribution in [3.63, 3.8) is 0 Å². The Morgan fingerprint density at radius 3 is 2.77 bits per heavy atom. The fourth-order valence-corrected chi connectivity index (χ4v) is 3.20. The number of amides is 1. The number of carbonyl (C=O) groups excluding carboxylic acids is 1. The van der Waals surface area contributed by atoms with Gasteiger partial charge in [-0.2, -0.15) is 5.10 Å². The molecular weight excluding hydrogens is 373 g/mol. The van der Waals surface area contributed by atoms with Gasteiger partial charge in [0.1, 0.15) is 0 Å². The van der Waals surface area contributed by atoms with E-state index >= 15 is 0 Å². The van der Waals surface area contributed by atoms with Crippen molar-refractivity contribution in [1.82, 2.24) is 20.4 Å². The van der Waals surface area contributed by atoms with E-state index in [2.05, 4.69) is 32.8 Å². The zero-order valence-corrected chi connectivity index (χ0v) is 16.9. The van der Waals surface area contributed by atoms with Crippen LogP contribution in [0.2, 0.25) is 0 Å². The van der Waals surface area contributed by atoms with Gasteiger partial charge < -0.3 is 15.5 Å². The van der Waals surface area contributed by atoms with Crippen LogP contribution in [0.3, 0.4) is 0 Å². The second kappa shape index (κ2) is 9.80. The lowest BCUT2D eigenvalue weighted by Crippen LogP contribution is -2.34. The lowest BCUT2D eigenvalue weighted by molar-refractivity contribution is -0.125. The first-order valence-corrected chi connectivity index (χ1v) is 8.28. The fraction of sp³-hybridized carbons (Fsp3) is 0.444. The first kappa shape index (κ1) is 22.3. The lowest BCUT2D eigenvalue weighted by atomic mass is 9.90. The van der Waals surface area contributed by atoms with Gasteiger partial charge in [-0.3, -0.25) is 9.48 Å². The molecule has 1 saturated heterocycles. The summed E-state index contributed by atoms with van der Waals surface area (Å²) in [5, 5.41) is 10.6. The highest BCUT2D eigenvalue weighted by molar-refractivity contribution is 5.85. The molecule has 2 heterocycles. The van der Waals surface area contributed by atoms with Gasteiger partial charge in [0.2, 0.25) is 5.91 Å². The number of aromatic nitrogens is 2. The number of carbonyl (C=O) groups is 1. The average molecular weight is 400 g/mol. The standard InChI is InChI=1S/C18H25N5O.2ClH/c1-22(2)15-6-4-5-13(7-15)8-20-18(24)17-11-19-10-16(17)14-9-21-23(3)12-14;;/h4-7,9,12,16-17,19H,8,10-11H2,1-3H3,(H,20,24);2*1H/t16-,17+;;/m1../s1. The number of nitrogens with one attached hydrogen (secondary N) is 2. The molecule has 1 amide bonds. The zero-order valence-electron chi connectivity index (χ0n) is 15.3. The molecular formula is C18H27Cl2N5O. The Morgan fingerprint density at radius 1 is 1.35 bits per heavy atom. The molecule has 0 spiro atoms. The molecule has 26 heavy (non-hydrogen) atoms. The van der Waals surface area contributed by atoms with Crippen LogP contribution in [-0.2, 0) is 18.4 Å². The molecule has 0 aliphatic carbocycles. The minimum absolute atomic E-state index is 0. The molecule has 2 atom stereocenters. The van der Waals surface area contributed by atoms with Crippen LogP contribution in [0.25, 0.3) is 0 Å². The van der Waals surface area contributed by atoms with E-state index in [9.17, 15) is 4.79 Å². The summed E-state index contributed by atoms with van der Waals surface area (Å²) < 4.78 is 1.79. The molecule has 2 N–H and O–H groups in total. The summed E-state index contributed by atoms with van der Waals surface area (Å²) in [6.07, 6.45) is 3.86. The van der Waals surface area contributed by atoms with Crippen molar-refractivity contribution in [2.24, 2.45) is 13.0 Å². The molecule has 0 saturated carbocycles. The number of aryl methyl sites for hydroxylation is 1. The summed E-state index contributed by atoms with van der Waals surface area (Å²) in [7, 11) is 5.93. The van der Waals surface area contributed by atoms with Crippen LogP contribution < -0.4 is 15.5 Å². The van der Waals surface area contributed by atoms with E-state index in [1.54, 1.807) is 4.68 Å². The summed E-state index contributed by atoms with van der Waals surface area (Å²) in [5.74, 6) is 0.238. The van der Waals surface area contributed by atoms with Crippen molar-refractivity contribution < 1.29 is 4.79 Å². The Morgan fingerprint density at radius 2 is 2.12 bits per heavy atom. The van der Waals surface area contributed by atoms with E-state index in [0.717, 1.165) is 23.4 Å². The molecule has 1 aromatic heterocycles. The largest absolute Gasteiger partial charge is 0.378 e. The average Bonchev–Trinajstić information content (AvgIpc) is 3.21. The molecule has 1 fully saturated rings. The maximum Gasteiger partial charge on any atom is 0.225 e. The SMILES string of the molecule is CN(C)c1cccc(CNC(=O)[C@H]2CNC[C@@H]2c2cnn(C)c2)c1.Cl.Cl. The third kappa shape index (κ3) is 5.13. The van der Waals surface area contributed by atoms with E-state index < -0.39 is 0 Å². The van der Waals surface area contributed by atoms with Crippen LogP contribution in [0.4, 0.5) is 5.69 Å². The molecule has 8 heteroatoms. The molecule has 1 aliphatic heterocycles. The van der Waals surface area contributed by atoms with Gasteiger partial charge in [-0.25, -0.2) is 0 Å². The molecule has 1 aliphatic rings. The maximum absolute atomic E-state index is 12.6. The Labute approximate surface area is 167 Å². The number of hydrogen-bond donors (Lipinski definition) is 2. The van der Waals surface area contributed by atoms with E-state index in [-0.39, 0.29) is 42.6 Å². The van der Waals surface area contributed by atoms with Gasteiger partial charge in [-0.1, -0.05) is 12.1 Å². The van der Waals surface area contributed by atoms with Crippen molar-refractivity contribution in [2.75, 3.05) is 32.1 Å². The van der Waals surface area contributed by atoms with E-state index in [4.69, 9.17) is 0 Å². The minimum atomic E-state index is -0.0498. The van der Waals surface area contributed by atoms with E-state index in [1.807, 2.05) is 45.7 Å². The van der Waals surface area contributed by atoms with Crippen LogP contribution in [0.5, 0.6) is 0 Å². The Bertz CT molecular complexity index is 719. The lowest BCUT2D eigenvalue weighted by Gasteiger charge is -2.18. The van der Waals surface area contributed by atoms with Crippen LogP contribution >= 0.6 is 24.8 Å². The van der Waals surface area contributed by atoms with Crippen molar-refractivity contribution >= 4 is 36.4 Å². The summed E-state index contributed by atoms with van der Waals surface area (Å²) in [5.41, 5.74) is 3.37. The van der Waals surface area contributed by atoms with Crippen LogP contribution in [-0.4, -0.2) is 42.9 Å². The highest BCUT2D eigenvalue weighted by Crippen LogP contribution is 2.28. The Hall–Kier alpha value is -1.76. The molecule has 0 unspecified atom stereocenters. The summed E-state index contributed by atoms with van der Waals surface area (Å²) >= 11 is 0. The summed E-state index contributed by atoms with van der Waals surface area (Å²) in [6, 6.07) is 8.22. The van der Waals surface area contributed by atoms with Gasteiger partial charge >= 0.3 is 0 Å². The fourth-order valence-electron chi connectivity index (χ4n) is 3.20. The molecule has 1 aromatic carbocycles. The second-order valence-corrected chi connectivity index (χ2v) is 6.60. The minimum Gasteiger partial charge on any atom is -0.378 e. The molecule has 0 radical (unpaired) electrons. The number of hydrogen-bond acceptors (Lipinski definition) is 4. The van der Waals surface area contributed by atoms with Crippen LogP contribution in [0.1, 0.15) is 17.0 Å².